The standard InChI is InChI=1S/C75H105N14O11PS2/c1-6-8-9-12-34-100-57-42-81-69(73(96)83-45-67(92)85-62(39-50-23-26-56(99-5)27-24-50)74(97)88-33-15-21-64(88)72(95)79-32-36-103-48-52-17-13-16-51(38-52)47-102-35-30-65(77)90)89(46-57)75(98)68(86-63(43-78-4)54-19-14-20-58(101)40-54)87-71(94)61(29-25-55-41-80-60-28-22-49(3)37-59(55)60)84-66(91)44-82-70(93)53(7-2)18-10-11-31-76/h9,12-14,16-17,19-20,22-24,26-28,37-38,40-41,43,53,57,61-62,64,68-69,78,80-81,86H,6-8,10-11,15,18,21,25,29-36,39,42,44-48,76,101H2,1-5H3,(H2,77,90)(H,79,95)(H,82,93)(H,83,96)(H,84,91)(H,85,92)(H,87,94)/b12-9-,63-43+/t53-,57?,61-,62-,64?,68+,69+/m0/s1. The van der Waals surface area contributed by atoms with Crippen LogP contribution < -0.4 is 69.4 Å². The fraction of sp³-hybridized carbons (Fsp3) is 0.480. The van der Waals surface area contributed by atoms with Crippen LogP contribution in [0.3, 0.4) is 0 Å². The molecule has 558 valence electrons. The van der Waals surface area contributed by atoms with Crippen molar-refractivity contribution in [2.45, 2.75) is 146 Å². The van der Waals surface area contributed by atoms with Crippen LogP contribution in [-0.4, -0.2) is 183 Å². The number of fused-ring (bicyclic) bond motifs is 1. The molecule has 9 amide bonds. The van der Waals surface area contributed by atoms with Gasteiger partial charge in [-0.15, -0.1) is 9.24 Å². The molecule has 1 aromatic heterocycles. The van der Waals surface area contributed by atoms with Gasteiger partial charge in [0.2, 0.25) is 41.4 Å². The van der Waals surface area contributed by atoms with Gasteiger partial charge in [0.15, 0.2) is 12.3 Å². The lowest BCUT2D eigenvalue weighted by atomic mass is 9.98. The number of aromatic amines is 1. The average molecular weight is 1470 g/mol. The number of nitrogens with zero attached hydrogens (tertiary/aromatic N) is 2. The highest BCUT2D eigenvalue weighted by molar-refractivity contribution is 7.98. The number of benzene rings is 4. The van der Waals surface area contributed by atoms with Crippen LogP contribution in [0.15, 0.2) is 116 Å². The molecule has 0 spiro atoms. The number of ether oxygens (including phenoxy) is 2. The van der Waals surface area contributed by atoms with Crippen molar-refractivity contribution in [3.05, 3.63) is 149 Å². The Hall–Kier alpha value is -8.46. The van der Waals surface area contributed by atoms with Crippen molar-refractivity contribution in [2.75, 3.05) is 78.1 Å². The first kappa shape index (κ1) is 81.8. The van der Waals surface area contributed by atoms with E-state index in [4.69, 9.17) is 20.9 Å². The first-order chi connectivity index (χ1) is 49.8. The summed E-state index contributed by atoms with van der Waals surface area (Å²) >= 11 is 3.31. The second-order valence-corrected chi connectivity index (χ2v) is 28.6. The summed E-state index contributed by atoms with van der Waals surface area (Å²) in [5.74, 6) is -2.14. The van der Waals surface area contributed by atoms with Gasteiger partial charge in [0, 0.05) is 91.8 Å². The minimum Gasteiger partial charge on any atom is -0.497 e. The van der Waals surface area contributed by atoms with Gasteiger partial charge in [-0.2, -0.15) is 23.5 Å². The number of thioether (sulfide) groups is 2. The third kappa shape index (κ3) is 26.6. The molecule has 0 radical (unpaired) electrons. The van der Waals surface area contributed by atoms with Crippen LogP contribution in [0.4, 0.5) is 0 Å². The van der Waals surface area contributed by atoms with Crippen LogP contribution in [0.2, 0.25) is 0 Å². The van der Waals surface area contributed by atoms with E-state index in [1.165, 1.54) is 16.9 Å². The topological polar surface area (TPSA) is 355 Å². The lowest BCUT2D eigenvalue weighted by Gasteiger charge is -2.41. The van der Waals surface area contributed by atoms with Gasteiger partial charge in [-0.1, -0.05) is 105 Å². The summed E-state index contributed by atoms with van der Waals surface area (Å²) in [6.45, 7) is 6.12. The average Bonchev–Trinajstić information content (AvgIpc) is 1.54. The SMILES string of the molecule is CCC/C=C\COC1CN[C@@H](C(=O)NCC(=O)N[C@@H](Cc2ccc(OC)cc2)C(=O)N2CCCC2C(=O)NCCSCc2cccc(CSCCC(N)=O)c2)N(C(=O)[C@@H](NC(=O)[C@H](CCc2c[nH]c3ccc(C)cc23)NC(=O)CNC(=O)[C@@H](CC)CCCCN)N/C(=C/NC)c2cccc(P)c2)C1. The molecule has 2 saturated heterocycles. The van der Waals surface area contributed by atoms with Gasteiger partial charge >= 0.3 is 0 Å². The van der Waals surface area contributed by atoms with Crippen molar-refractivity contribution in [3.8, 4) is 5.75 Å². The van der Waals surface area contributed by atoms with E-state index < -0.39 is 85.1 Å². The second kappa shape index (κ2) is 43.6. The van der Waals surface area contributed by atoms with Crippen molar-refractivity contribution >= 4 is 108 Å². The summed E-state index contributed by atoms with van der Waals surface area (Å²) < 4.78 is 11.7. The molecule has 8 atom stereocenters. The van der Waals surface area contributed by atoms with E-state index in [1.54, 1.807) is 61.0 Å². The van der Waals surface area contributed by atoms with E-state index in [-0.39, 0.29) is 62.7 Å². The number of amides is 9. The number of hydrogen-bond acceptors (Lipinski definition) is 17. The van der Waals surface area contributed by atoms with Crippen LogP contribution in [0.25, 0.3) is 16.6 Å². The molecule has 25 nitrogen and oxygen atoms in total. The number of aromatic nitrogens is 1. The highest BCUT2D eigenvalue weighted by Gasteiger charge is 2.42. The van der Waals surface area contributed by atoms with Crippen LogP contribution in [0.1, 0.15) is 111 Å². The minimum atomic E-state index is -1.65. The van der Waals surface area contributed by atoms with E-state index in [2.05, 4.69) is 81.1 Å². The number of primary amides is 1. The Labute approximate surface area is 615 Å². The molecule has 2 fully saturated rings. The fourth-order valence-electron chi connectivity index (χ4n) is 12.2. The molecule has 0 saturated carbocycles. The predicted octanol–water partition coefficient (Wildman–Crippen LogP) is 4.42. The summed E-state index contributed by atoms with van der Waals surface area (Å²) in [7, 11) is 5.86. The van der Waals surface area contributed by atoms with Gasteiger partial charge in [0.1, 0.15) is 23.9 Å². The number of methoxy groups -OCH3 is 1. The number of likely N-dealkylation sites (tertiary alicyclic amines) is 1. The Morgan fingerprint density at radius 3 is 2.21 bits per heavy atom. The van der Waals surface area contributed by atoms with Crippen LogP contribution in [0, 0.1) is 12.8 Å². The zero-order valence-electron chi connectivity index (χ0n) is 59.9. The number of unbranched alkanes of at least 4 members (excludes halogenated alkanes) is 2. The molecule has 4 aromatic carbocycles. The number of carbonyl (C=O) groups excluding carboxylic acids is 9. The third-order valence-corrected chi connectivity index (χ3v) is 20.2. The van der Waals surface area contributed by atoms with Crippen molar-refractivity contribution in [2.24, 2.45) is 17.4 Å². The molecule has 2 aliphatic heterocycles. The lowest BCUT2D eigenvalue weighted by molar-refractivity contribution is -0.150. The van der Waals surface area contributed by atoms with Crippen LogP contribution in [-0.2, 0) is 72.2 Å². The number of rotatable bonds is 43. The number of allylic oxidation sites excluding steroid dienone is 1. The second-order valence-electron chi connectivity index (χ2n) is 25.7. The molecule has 14 N–H and O–H groups in total. The molecule has 0 bridgehead atoms. The predicted molar refractivity (Wildman–Crippen MR) is 410 cm³/mol. The maximum atomic E-state index is 15.8. The van der Waals surface area contributed by atoms with E-state index in [1.807, 2.05) is 86.8 Å². The summed E-state index contributed by atoms with van der Waals surface area (Å²) in [5.41, 5.74) is 17.8. The Morgan fingerprint density at radius 1 is 0.767 bits per heavy atom. The number of nitrogens with one attached hydrogen (secondary N) is 10. The summed E-state index contributed by atoms with van der Waals surface area (Å²) in [6.07, 6.45) is 9.64. The van der Waals surface area contributed by atoms with Crippen molar-refractivity contribution in [1.82, 2.24) is 62.6 Å². The molecule has 28 heteroatoms. The quantitative estimate of drug-likeness (QED) is 0.0111. The number of nitrogens with two attached hydrogens (primary N) is 2. The molecular weight excluding hydrogens is 1370 g/mol. The van der Waals surface area contributed by atoms with E-state index in [0.29, 0.717) is 85.7 Å². The number of hydrogen-bond donors (Lipinski definition) is 12. The minimum absolute atomic E-state index is 0.0311. The lowest BCUT2D eigenvalue weighted by Crippen LogP contribution is -2.69. The molecular formula is C75H105N14O11PS2. The van der Waals surface area contributed by atoms with Crippen LogP contribution in [0.5, 0.6) is 5.75 Å². The zero-order valence-corrected chi connectivity index (χ0v) is 62.7. The van der Waals surface area contributed by atoms with Crippen molar-refractivity contribution in [3.63, 3.8) is 0 Å². The Balaban J connectivity index is 1.11. The smallest absolute Gasteiger partial charge is 0.267 e. The van der Waals surface area contributed by atoms with Gasteiger partial charge in [-0.05, 0) is 128 Å². The molecule has 0 aliphatic carbocycles. The molecule has 7 rings (SSSR count). The summed E-state index contributed by atoms with van der Waals surface area (Å²) in [6, 6.07) is 25.4. The Kier molecular flexibility index (Phi) is 34.6. The maximum absolute atomic E-state index is 15.8. The Morgan fingerprint density at radius 2 is 1.50 bits per heavy atom. The first-order valence-electron chi connectivity index (χ1n) is 35.6. The number of H-pyrrole nitrogens is 1. The monoisotopic (exact) mass is 1470 g/mol. The van der Waals surface area contributed by atoms with E-state index in [0.717, 1.165) is 75.7 Å². The molecule has 5 aromatic rings. The first-order valence-corrected chi connectivity index (χ1v) is 38.4. The highest BCUT2D eigenvalue weighted by Crippen LogP contribution is 2.25. The highest BCUT2D eigenvalue weighted by atomic mass is 32.2. The van der Waals surface area contributed by atoms with Gasteiger partial charge < -0.3 is 78.3 Å². The molecule has 3 unspecified atom stereocenters. The maximum Gasteiger partial charge on any atom is 0.267 e. The van der Waals surface area contributed by atoms with Gasteiger partial charge in [0.05, 0.1) is 45.2 Å². The molecule has 103 heavy (non-hydrogen) atoms. The number of carbonyl (C=O) groups is 9. The van der Waals surface area contributed by atoms with Crippen molar-refractivity contribution < 1.29 is 52.6 Å². The normalized spacial score (nSPS) is 16.5. The van der Waals surface area contributed by atoms with Gasteiger partial charge in [-0.3, -0.25) is 48.5 Å². The third-order valence-electron chi connectivity index (χ3n) is 17.8. The van der Waals surface area contributed by atoms with Crippen molar-refractivity contribution in [1.29, 1.82) is 0 Å². The fourth-order valence-corrected chi connectivity index (χ4v) is 14.3. The van der Waals surface area contributed by atoms with E-state index in [9.17, 15) is 33.6 Å². The van der Waals surface area contributed by atoms with Gasteiger partial charge in [-0.25, -0.2) is 0 Å². The molecule has 3 heterocycles. The summed E-state index contributed by atoms with van der Waals surface area (Å²) in [4.78, 5) is 134. The van der Waals surface area contributed by atoms with Gasteiger partial charge in [0.25, 0.3) is 11.8 Å². The number of aryl methyl sites for hydroxylation is 2. The van der Waals surface area contributed by atoms with Crippen LogP contribution >= 0.6 is 32.8 Å². The van der Waals surface area contributed by atoms with E-state index >= 15 is 9.59 Å². The zero-order chi connectivity index (χ0) is 74.0. The largest absolute Gasteiger partial charge is 0.497 e. The summed E-state index contributed by atoms with van der Waals surface area (Å²) in [5, 5.41) is 28.3. The molecule has 2 aliphatic rings. The Bertz CT molecular complexity index is 3690.